The second-order valence-corrected chi connectivity index (χ2v) is 9.15. The summed E-state index contributed by atoms with van der Waals surface area (Å²) >= 11 is 6.16. The Balaban J connectivity index is 1.24. The largest absolute Gasteiger partial charge is 0.496 e. The number of hydrogen-bond acceptors (Lipinski definition) is 8. The third-order valence-electron chi connectivity index (χ3n) is 5.74. The molecule has 3 aromatic heterocycles. The van der Waals surface area contributed by atoms with Crippen molar-refractivity contribution in [1.82, 2.24) is 29.7 Å². The Hall–Kier alpha value is -3.51. The number of carbonyl (C=O) groups is 1. The van der Waals surface area contributed by atoms with Gasteiger partial charge < -0.3 is 19.9 Å². The number of halogens is 1. The number of amides is 1. The number of hydrogen-bond donors (Lipinski definition) is 3. The molecule has 1 aromatic carbocycles. The van der Waals surface area contributed by atoms with Crippen molar-refractivity contribution in [1.29, 1.82) is 0 Å². The van der Waals surface area contributed by atoms with Gasteiger partial charge in [0.1, 0.15) is 17.9 Å². The van der Waals surface area contributed by atoms with E-state index in [9.17, 15) is 9.90 Å². The van der Waals surface area contributed by atoms with Crippen molar-refractivity contribution in [3.05, 3.63) is 71.4 Å². The molecule has 35 heavy (non-hydrogen) atoms. The van der Waals surface area contributed by atoms with Crippen molar-refractivity contribution >= 4 is 28.8 Å². The Morgan fingerprint density at radius 1 is 1.37 bits per heavy atom. The molecular formula is C23H24ClN7O4. The Bertz CT molecular complexity index is 1390. The third-order valence-corrected chi connectivity index (χ3v) is 5.98. The number of aliphatic hydroxyl groups is 1. The first-order valence-corrected chi connectivity index (χ1v) is 11.2. The minimum absolute atomic E-state index is 0.00338. The predicted molar refractivity (Wildman–Crippen MR) is 127 cm³/mol. The van der Waals surface area contributed by atoms with Crippen LogP contribution in [0.5, 0.6) is 5.75 Å². The summed E-state index contributed by atoms with van der Waals surface area (Å²) in [4.78, 5) is 16.9. The standard InChI is InChI=1S/C23H24ClN7O4/c1-22(9-15-8-16(24)4-5-19(15)34-2)14-35-23(33,29-22)13-30-12-17(10-26-30)28-21(32)18-11-27-31-7-3-6-25-20(18)31/h3-8,10-12,29,33H,9,13-14H2,1-2H3,(H,28,32). The van der Waals surface area contributed by atoms with E-state index in [0.29, 0.717) is 34.1 Å². The molecule has 1 aliphatic heterocycles. The molecule has 3 N–H and O–H groups in total. The van der Waals surface area contributed by atoms with E-state index in [1.54, 1.807) is 37.8 Å². The second-order valence-electron chi connectivity index (χ2n) is 8.72. The Morgan fingerprint density at radius 3 is 3.06 bits per heavy atom. The maximum absolute atomic E-state index is 12.7. The number of ether oxygens (including phenoxy) is 2. The number of nitrogens with zero attached hydrogens (tertiary/aromatic N) is 5. The molecule has 1 saturated heterocycles. The van der Waals surface area contributed by atoms with Crippen LogP contribution in [0.15, 0.2) is 55.2 Å². The van der Waals surface area contributed by atoms with Crippen molar-refractivity contribution in [2.75, 3.05) is 19.0 Å². The molecule has 2 atom stereocenters. The summed E-state index contributed by atoms with van der Waals surface area (Å²) in [5.41, 5.74) is 1.57. The molecule has 4 heterocycles. The summed E-state index contributed by atoms with van der Waals surface area (Å²) < 4.78 is 14.2. The van der Waals surface area contributed by atoms with Crippen LogP contribution in [-0.2, 0) is 17.7 Å². The van der Waals surface area contributed by atoms with E-state index in [1.165, 1.54) is 21.6 Å². The highest BCUT2D eigenvalue weighted by molar-refractivity contribution is 6.30. The van der Waals surface area contributed by atoms with Crippen LogP contribution in [0.2, 0.25) is 5.02 Å². The Labute approximate surface area is 205 Å². The molecule has 12 heteroatoms. The van der Waals surface area contributed by atoms with E-state index >= 15 is 0 Å². The van der Waals surface area contributed by atoms with Crippen LogP contribution in [0.4, 0.5) is 5.69 Å². The molecule has 1 aliphatic rings. The lowest BCUT2D eigenvalue weighted by atomic mass is 9.93. The van der Waals surface area contributed by atoms with Crippen LogP contribution >= 0.6 is 11.6 Å². The van der Waals surface area contributed by atoms with Gasteiger partial charge in [0.25, 0.3) is 5.91 Å². The minimum Gasteiger partial charge on any atom is -0.496 e. The predicted octanol–water partition coefficient (Wildman–Crippen LogP) is 2.11. The fourth-order valence-electron chi connectivity index (χ4n) is 4.23. The average molecular weight is 498 g/mol. The number of aromatic nitrogens is 5. The van der Waals surface area contributed by atoms with Gasteiger partial charge in [-0.05, 0) is 43.2 Å². The van der Waals surface area contributed by atoms with E-state index in [0.717, 1.165) is 5.56 Å². The van der Waals surface area contributed by atoms with Crippen LogP contribution in [0.1, 0.15) is 22.8 Å². The van der Waals surface area contributed by atoms with Crippen molar-refractivity contribution in [2.24, 2.45) is 0 Å². The maximum atomic E-state index is 12.7. The van der Waals surface area contributed by atoms with E-state index in [4.69, 9.17) is 21.1 Å². The summed E-state index contributed by atoms with van der Waals surface area (Å²) in [5.74, 6) is -1.31. The highest BCUT2D eigenvalue weighted by Crippen LogP contribution is 2.31. The van der Waals surface area contributed by atoms with Crippen LogP contribution in [0.25, 0.3) is 5.65 Å². The summed E-state index contributed by atoms with van der Waals surface area (Å²) in [6, 6.07) is 7.14. The Morgan fingerprint density at radius 2 is 2.23 bits per heavy atom. The highest BCUT2D eigenvalue weighted by Gasteiger charge is 2.46. The van der Waals surface area contributed by atoms with E-state index in [-0.39, 0.29) is 19.1 Å². The maximum Gasteiger partial charge on any atom is 0.261 e. The van der Waals surface area contributed by atoms with Crippen molar-refractivity contribution < 1.29 is 19.4 Å². The van der Waals surface area contributed by atoms with Crippen LogP contribution in [-0.4, -0.2) is 60.6 Å². The van der Waals surface area contributed by atoms with Gasteiger partial charge in [0.15, 0.2) is 5.65 Å². The van der Waals surface area contributed by atoms with Crippen LogP contribution in [0.3, 0.4) is 0 Å². The normalized spacial score (nSPS) is 21.9. The lowest BCUT2D eigenvalue weighted by molar-refractivity contribution is -0.196. The van der Waals surface area contributed by atoms with E-state index < -0.39 is 11.4 Å². The topological polar surface area (TPSA) is 128 Å². The highest BCUT2D eigenvalue weighted by atomic mass is 35.5. The second kappa shape index (κ2) is 8.93. The van der Waals surface area contributed by atoms with Gasteiger partial charge in [-0.25, -0.2) is 9.50 Å². The molecule has 1 amide bonds. The minimum atomic E-state index is -1.65. The number of fused-ring (bicyclic) bond motifs is 1. The van der Waals surface area contributed by atoms with Crippen LogP contribution in [0, 0.1) is 0 Å². The molecule has 0 saturated carbocycles. The van der Waals surface area contributed by atoms with Gasteiger partial charge in [-0.1, -0.05) is 11.6 Å². The van der Waals surface area contributed by atoms with Gasteiger partial charge in [0.2, 0.25) is 5.91 Å². The van der Waals surface area contributed by atoms with Crippen molar-refractivity contribution in [2.45, 2.75) is 31.3 Å². The third kappa shape index (κ3) is 4.84. The number of methoxy groups -OCH3 is 1. The molecule has 1 fully saturated rings. The van der Waals surface area contributed by atoms with Gasteiger partial charge in [0.05, 0.1) is 31.8 Å². The lowest BCUT2D eigenvalue weighted by Crippen LogP contribution is -2.53. The molecular weight excluding hydrogens is 474 g/mol. The fourth-order valence-corrected chi connectivity index (χ4v) is 4.42. The van der Waals surface area contributed by atoms with Crippen molar-refractivity contribution in [3.63, 3.8) is 0 Å². The van der Waals surface area contributed by atoms with Gasteiger partial charge in [0, 0.05) is 29.2 Å². The molecule has 2 unspecified atom stereocenters. The van der Waals surface area contributed by atoms with E-state index in [2.05, 4.69) is 25.8 Å². The Kier molecular flexibility index (Phi) is 5.93. The summed E-state index contributed by atoms with van der Waals surface area (Å²) in [6.45, 7) is 2.21. The molecule has 0 aliphatic carbocycles. The number of benzene rings is 1. The zero-order valence-electron chi connectivity index (χ0n) is 19.1. The summed E-state index contributed by atoms with van der Waals surface area (Å²) in [5, 5.41) is 26.0. The molecule has 4 aromatic rings. The average Bonchev–Trinajstić information content (AvgIpc) is 3.51. The van der Waals surface area contributed by atoms with Gasteiger partial charge in [-0.2, -0.15) is 10.2 Å². The first-order valence-electron chi connectivity index (χ1n) is 10.9. The first kappa shape index (κ1) is 23.2. The number of carbonyl (C=O) groups excluding carboxylic acids is 1. The quantitative estimate of drug-likeness (QED) is 0.354. The number of nitrogens with one attached hydrogen (secondary N) is 2. The molecule has 5 rings (SSSR count). The van der Waals surface area contributed by atoms with E-state index in [1.807, 2.05) is 19.1 Å². The number of rotatable bonds is 7. The lowest BCUT2D eigenvalue weighted by Gasteiger charge is -2.28. The summed E-state index contributed by atoms with van der Waals surface area (Å²) in [7, 11) is 1.60. The monoisotopic (exact) mass is 497 g/mol. The van der Waals surface area contributed by atoms with Gasteiger partial charge >= 0.3 is 0 Å². The van der Waals surface area contributed by atoms with Gasteiger partial charge in [-0.15, -0.1) is 0 Å². The summed E-state index contributed by atoms with van der Waals surface area (Å²) in [6.07, 6.45) is 8.38. The van der Waals surface area contributed by atoms with Crippen LogP contribution < -0.4 is 15.4 Å². The molecule has 0 spiro atoms. The smallest absolute Gasteiger partial charge is 0.261 e. The van der Waals surface area contributed by atoms with Gasteiger partial charge in [-0.3, -0.25) is 14.8 Å². The fraction of sp³-hybridized carbons (Fsp3) is 0.304. The molecule has 11 nitrogen and oxygen atoms in total. The zero-order valence-corrected chi connectivity index (χ0v) is 19.9. The first-order chi connectivity index (χ1) is 16.8. The molecule has 0 radical (unpaired) electrons. The molecule has 182 valence electrons. The zero-order chi connectivity index (χ0) is 24.6. The van der Waals surface area contributed by atoms with Crippen molar-refractivity contribution in [3.8, 4) is 5.75 Å². The molecule has 0 bridgehead atoms. The number of anilines is 1. The SMILES string of the molecule is COc1ccc(Cl)cc1CC1(C)COC(O)(Cn2cc(NC(=O)c3cnn4cccnc34)cn2)N1.